The van der Waals surface area contributed by atoms with E-state index in [-0.39, 0.29) is 6.61 Å². The minimum absolute atomic E-state index is 0.0415. The molecule has 1 aromatic rings. The van der Waals surface area contributed by atoms with Crippen molar-refractivity contribution in [3.8, 4) is 5.40 Å². The Morgan fingerprint density at radius 3 is 3.00 bits per heavy atom. The molecule has 6 heteroatoms. The predicted molar refractivity (Wildman–Crippen MR) is 68.6 cm³/mol. The third-order valence-electron chi connectivity index (χ3n) is 1.70. The second-order valence-electron chi connectivity index (χ2n) is 2.86. The molecule has 0 spiro atoms. The average Bonchev–Trinajstić information content (AvgIpc) is 2.31. The van der Waals surface area contributed by atoms with Crippen LogP contribution in [0.15, 0.2) is 29.7 Å². The first-order valence-corrected chi connectivity index (χ1v) is 6.09. The van der Waals surface area contributed by atoms with Crippen LogP contribution in [0, 0.1) is 10.7 Å². The Hall–Kier alpha value is -1.15. The zero-order valence-electron chi connectivity index (χ0n) is 8.52. The first-order valence-electron chi connectivity index (χ1n) is 4.45. The summed E-state index contributed by atoms with van der Waals surface area (Å²) in [5.41, 5.74) is 0.633. The summed E-state index contributed by atoms with van der Waals surface area (Å²) < 4.78 is 4.92. The lowest BCUT2D eigenvalue weighted by atomic mass is 10.2. The molecule has 1 aromatic carbocycles. The Bertz CT molecular complexity index is 483. The molecule has 0 radical (unpaired) electrons. The summed E-state index contributed by atoms with van der Waals surface area (Å²) in [5, 5.41) is 12.4. The van der Waals surface area contributed by atoms with Crippen LogP contribution in [0.2, 0.25) is 10.0 Å². The van der Waals surface area contributed by atoms with Gasteiger partial charge in [-0.15, -0.1) is 0 Å². The number of carbonyl (C=O) groups is 1. The summed E-state index contributed by atoms with van der Waals surface area (Å²) in [6.45, 7) is 0.0415. The van der Waals surface area contributed by atoms with Crippen molar-refractivity contribution in [2.24, 2.45) is 0 Å². The van der Waals surface area contributed by atoms with Crippen molar-refractivity contribution in [1.82, 2.24) is 0 Å². The first-order chi connectivity index (χ1) is 8.13. The van der Waals surface area contributed by atoms with Gasteiger partial charge in [0.05, 0.1) is 0 Å². The summed E-state index contributed by atoms with van der Waals surface area (Å²) in [6, 6.07) is 4.91. The van der Waals surface area contributed by atoms with Gasteiger partial charge in [0.15, 0.2) is 0 Å². The van der Waals surface area contributed by atoms with E-state index in [9.17, 15) is 4.79 Å². The molecule has 88 valence electrons. The summed E-state index contributed by atoms with van der Waals surface area (Å²) in [7, 11) is 0. The molecule has 0 aliphatic heterocycles. The number of thioether (sulfide) groups is 1. The summed E-state index contributed by atoms with van der Waals surface area (Å²) in [5.74, 6) is -0.538. The standard InChI is InChI=1S/C11H7Cl2NO2S/c12-9-1-2-10(13)8(5-9)6-16-11(15)3-4-17-7-14/h1-5H,6H2/b4-3-. The van der Waals surface area contributed by atoms with Crippen molar-refractivity contribution in [2.45, 2.75) is 6.61 Å². The SMILES string of the molecule is N#CS/C=C\C(=O)OCc1cc(Cl)ccc1Cl. The quantitative estimate of drug-likeness (QED) is 0.481. The second-order valence-corrected chi connectivity index (χ2v) is 4.39. The van der Waals surface area contributed by atoms with E-state index in [1.165, 1.54) is 11.5 Å². The van der Waals surface area contributed by atoms with E-state index < -0.39 is 5.97 Å². The fraction of sp³-hybridized carbons (Fsp3) is 0.0909. The van der Waals surface area contributed by atoms with Crippen LogP contribution >= 0.6 is 35.0 Å². The lowest BCUT2D eigenvalue weighted by Gasteiger charge is -2.04. The lowest BCUT2D eigenvalue weighted by Crippen LogP contribution is -2.01. The van der Waals surface area contributed by atoms with E-state index >= 15 is 0 Å². The van der Waals surface area contributed by atoms with Crippen molar-refractivity contribution in [2.75, 3.05) is 0 Å². The molecule has 0 bridgehead atoms. The minimum Gasteiger partial charge on any atom is -0.458 e. The number of rotatable bonds is 4. The number of thiocyanates is 1. The molecule has 3 nitrogen and oxygen atoms in total. The number of halogens is 2. The van der Waals surface area contributed by atoms with Crippen molar-refractivity contribution in [3.05, 3.63) is 45.3 Å². The highest BCUT2D eigenvalue weighted by atomic mass is 35.5. The molecule has 0 aromatic heterocycles. The van der Waals surface area contributed by atoms with Gasteiger partial charge in [-0.05, 0) is 35.4 Å². The molecule has 0 fully saturated rings. The number of hydrogen-bond acceptors (Lipinski definition) is 4. The van der Waals surface area contributed by atoms with E-state index in [1.54, 1.807) is 23.6 Å². The molecule has 0 aliphatic rings. The fourth-order valence-corrected chi connectivity index (χ4v) is 1.58. The Balaban J connectivity index is 2.53. The molecule has 1 rings (SSSR count). The highest BCUT2D eigenvalue weighted by Crippen LogP contribution is 2.21. The van der Waals surface area contributed by atoms with Gasteiger partial charge in [-0.2, -0.15) is 5.26 Å². The van der Waals surface area contributed by atoms with Gasteiger partial charge in [-0.1, -0.05) is 23.2 Å². The molecule has 17 heavy (non-hydrogen) atoms. The molecule has 0 saturated heterocycles. The Labute approximate surface area is 113 Å². The Morgan fingerprint density at radius 2 is 2.29 bits per heavy atom. The van der Waals surface area contributed by atoms with Crippen molar-refractivity contribution < 1.29 is 9.53 Å². The third kappa shape index (κ3) is 5.14. The summed E-state index contributed by atoms with van der Waals surface area (Å²) in [6.07, 6.45) is 1.17. The van der Waals surface area contributed by atoms with E-state index in [0.717, 1.165) is 11.8 Å². The predicted octanol–water partition coefficient (Wildman–Crippen LogP) is 3.76. The number of nitrogens with zero attached hydrogens (tertiary/aromatic N) is 1. The fourth-order valence-electron chi connectivity index (χ4n) is 0.971. The highest BCUT2D eigenvalue weighted by molar-refractivity contribution is 8.06. The molecule has 0 unspecified atom stereocenters. The number of carbonyl (C=O) groups excluding carboxylic acids is 1. The van der Waals surface area contributed by atoms with Crippen LogP contribution in [-0.2, 0) is 16.1 Å². The molecular weight excluding hydrogens is 281 g/mol. The number of hydrogen-bond donors (Lipinski definition) is 0. The Morgan fingerprint density at radius 1 is 1.53 bits per heavy atom. The van der Waals surface area contributed by atoms with Crippen LogP contribution in [0.3, 0.4) is 0 Å². The maximum absolute atomic E-state index is 11.2. The first kappa shape index (κ1) is 13.9. The molecule has 0 N–H and O–H groups in total. The maximum atomic E-state index is 11.2. The van der Waals surface area contributed by atoms with Crippen molar-refractivity contribution >= 4 is 40.9 Å². The highest BCUT2D eigenvalue weighted by Gasteiger charge is 2.04. The maximum Gasteiger partial charge on any atom is 0.331 e. The van der Waals surface area contributed by atoms with Crippen LogP contribution in [0.25, 0.3) is 0 Å². The normalized spacial score (nSPS) is 10.2. The minimum atomic E-state index is -0.538. The van der Waals surface area contributed by atoms with Crippen LogP contribution in [0.4, 0.5) is 0 Å². The lowest BCUT2D eigenvalue weighted by molar-refractivity contribution is -0.138. The van der Waals surface area contributed by atoms with Crippen molar-refractivity contribution in [3.63, 3.8) is 0 Å². The van der Waals surface area contributed by atoms with Crippen LogP contribution < -0.4 is 0 Å². The topological polar surface area (TPSA) is 50.1 Å². The zero-order valence-corrected chi connectivity index (χ0v) is 10.9. The van der Waals surface area contributed by atoms with Gasteiger partial charge < -0.3 is 4.74 Å². The monoisotopic (exact) mass is 287 g/mol. The van der Waals surface area contributed by atoms with E-state index in [1.807, 2.05) is 0 Å². The van der Waals surface area contributed by atoms with E-state index in [4.69, 9.17) is 33.2 Å². The zero-order chi connectivity index (χ0) is 12.7. The molecular formula is C11H7Cl2NO2S. The summed E-state index contributed by atoms with van der Waals surface area (Å²) in [4.78, 5) is 11.2. The van der Waals surface area contributed by atoms with Crippen LogP contribution in [0.5, 0.6) is 0 Å². The van der Waals surface area contributed by atoms with Gasteiger partial charge in [0, 0.05) is 21.7 Å². The largest absolute Gasteiger partial charge is 0.458 e. The summed E-state index contributed by atoms with van der Waals surface area (Å²) >= 11 is 12.5. The number of nitriles is 1. The third-order valence-corrected chi connectivity index (χ3v) is 2.68. The van der Waals surface area contributed by atoms with Gasteiger partial charge in [0.25, 0.3) is 0 Å². The number of esters is 1. The van der Waals surface area contributed by atoms with Gasteiger partial charge in [0.1, 0.15) is 12.0 Å². The Kier molecular flexibility index (Phi) is 5.92. The molecule has 0 heterocycles. The number of ether oxygens (including phenoxy) is 1. The number of benzene rings is 1. The van der Waals surface area contributed by atoms with Gasteiger partial charge in [-0.3, -0.25) is 0 Å². The van der Waals surface area contributed by atoms with E-state index in [0.29, 0.717) is 15.6 Å². The van der Waals surface area contributed by atoms with Gasteiger partial charge >= 0.3 is 5.97 Å². The van der Waals surface area contributed by atoms with Gasteiger partial charge in [0.2, 0.25) is 0 Å². The average molecular weight is 288 g/mol. The molecule has 0 saturated carbocycles. The smallest absolute Gasteiger partial charge is 0.331 e. The molecule has 0 aliphatic carbocycles. The van der Waals surface area contributed by atoms with Crippen LogP contribution in [-0.4, -0.2) is 5.97 Å². The van der Waals surface area contributed by atoms with E-state index in [2.05, 4.69) is 0 Å². The van der Waals surface area contributed by atoms with Crippen LogP contribution in [0.1, 0.15) is 5.56 Å². The molecule has 0 atom stereocenters. The van der Waals surface area contributed by atoms with Crippen molar-refractivity contribution in [1.29, 1.82) is 5.26 Å². The van der Waals surface area contributed by atoms with Gasteiger partial charge in [-0.25, -0.2) is 4.79 Å². The second kappa shape index (κ2) is 7.23. The molecule has 0 amide bonds.